The molecule has 0 bridgehead atoms. The van der Waals surface area contributed by atoms with E-state index < -0.39 is 0 Å². The summed E-state index contributed by atoms with van der Waals surface area (Å²) >= 11 is 7.59. The average molecular weight is 485 g/mol. The minimum absolute atomic E-state index is 0.0231. The molecular formula is C24H22ClFN4O2S. The molecule has 2 fully saturated rings. The van der Waals surface area contributed by atoms with Gasteiger partial charge in [0.2, 0.25) is 5.91 Å². The van der Waals surface area contributed by atoms with Crippen LogP contribution >= 0.6 is 22.9 Å². The summed E-state index contributed by atoms with van der Waals surface area (Å²) in [6.45, 7) is 3.31. The first-order valence-corrected chi connectivity index (χ1v) is 12.0. The third kappa shape index (κ3) is 4.51. The van der Waals surface area contributed by atoms with Crippen molar-refractivity contribution in [1.82, 2.24) is 14.8 Å². The van der Waals surface area contributed by atoms with Crippen LogP contribution in [-0.4, -0.2) is 65.4 Å². The zero-order valence-corrected chi connectivity index (χ0v) is 19.4. The van der Waals surface area contributed by atoms with Gasteiger partial charge in [-0.25, -0.2) is 9.37 Å². The molecule has 170 valence electrons. The second-order valence-electron chi connectivity index (χ2n) is 8.20. The number of hydrogen-bond donors (Lipinski definition) is 0. The lowest BCUT2D eigenvalue weighted by atomic mass is 10.0. The predicted octanol–water partition coefficient (Wildman–Crippen LogP) is 4.17. The molecule has 2 aliphatic heterocycles. The van der Waals surface area contributed by atoms with Gasteiger partial charge in [0.05, 0.1) is 5.02 Å². The number of rotatable bonds is 4. The van der Waals surface area contributed by atoms with Gasteiger partial charge in [-0.3, -0.25) is 14.5 Å². The summed E-state index contributed by atoms with van der Waals surface area (Å²) in [6, 6.07) is 12.0. The van der Waals surface area contributed by atoms with Gasteiger partial charge in [0, 0.05) is 68.0 Å². The molecule has 1 atom stereocenters. The number of halogens is 2. The maximum atomic E-state index is 13.4. The van der Waals surface area contributed by atoms with Gasteiger partial charge in [-0.05, 0) is 35.9 Å². The van der Waals surface area contributed by atoms with Crippen LogP contribution in [-0.2, 0) is 4.79 Å². The van der Waals surface area contributed by atoms with E-state index in [0.29, 0.717) is 36.1 Å². The van der Waals surface area contributed by atoms with Crippen LogP contribution < -0.4 is 4.90 Å². The smallest absolute Gasteiger partial charge is 0.282 e. The quantitative estimate of drug-likeness (QED) is 0.558. The highest BCUT2D eigenvalue weighted by Gasteiger charge is 2.36. The van der Waals surface area contributed by atoms with Crippen molar-refractivity contribution in [3.05, 3.63) is 69.9 Å². The SMILES string of the molecule is O=C(c1nccs1)N1CCN(C2CC(=O)N(c3cccc(-c4ccc(F)cc4Cl)c3)C2)CC1. The number of thiazole rings is 1. The number of nitrogens with zero attached hydrogens (tertiary/aromatic N) is 4. The van der Waals surface area contributed by atoms with Crippen LogP contribution in [0.1, 0.15) is 16.2 Å². The summed E-state index contributed by atoms with van der Waals surface area (Å²) in [6.07, 6.45) is 2.09. The average Bonchev–Trinajstić information content (AvgIpc) is 3.49. The Balaban J connectivity index is 1.25. The molecule has 3 aromatic rings. The summed E-state index contributed by atoms with van der Waals surface area (Å²) < 4.78 is 13.4. The van der Waals surface area contributed by atoms with E-state index in [2.05, 4.69) is 9.88 Å². The van der Waals surface area contributed by atoms with Gasteiger partial charge in [0.15, 0.2) is 5.01 Å². The van der Waals surface area contributed by atoms with E-state index in [1.54, 1.807) is 22.5 Å². The number of benzene rings is 2. The maximum absolute atomic E-state index is 13.4. The molecule has 2 aromatic carbocycles. The normalized spacial score (nSPS) is 19.3. The first-order valence-electron chi connectivity index (χ1n) is 10.8. The Kier molecular flexibility index (Phi) is 6.14. The lowest BCUT2D eigenvalue weighted by molar-refractivity contribution is -0.117. The zero-order chi connectivity index (χ0) is 22.9. The molecule has 2 aliphatic rings. The number of amides is 2. The fourth-order valence-electron chi connectivity index (χ4n) is 4.50. The molecule has 3 heterocycles. The molecule has 0 aliphatic carbocycles. The Morgan fingerprint density at radius 2 is 1.94 bits per heavy atom. The molecule has 0 N–H and O–H groups in total. The third-order valence-corrected chi connectivity index (χ3v) is 7.31. The second-order valence-corrected chi connectivity index (χ2v) is 9.50. The molecular weight excluding hydrogens is 463 g/mol. The van der Waals surface area contributed by atoms with E-state index in [1.807, 2.05) is 29.2 Å². The van der Waals surface area contributed by atoms with Crippen molar-refractivity contribution in [3.8, 4) is 11.1 Å². The number of hydrogen-bond acceptors (Lipinski definition) is 5. The van der Waals surface area contributed by atoms with Gasteiger partial charge >= 0.3 is 0 Å². The monoisotopic (exact) mass is 484 g/mol. The van der Waals surface area contributed by atoms with Crippen LogP contribution in [0.2, 0.25) is 5.02 Å². The lowest BCUT2D eigenvalue weighted by Crippen LogP contribution is -2.52. The summed E-state index contributed by atoms with van der Waals surface area (Å²) in [4.78, 5) is 35.4. The molecule has 5 rings (SSSR count). The van der Waals surface area contributed by atoms with Crippen molar-refractivity contribution in [2.24, 2.45) is 0 Å². The molecule has 0 spiro atoms. The van der Waals surface area contributed by atoms with Crippen molar-refractivity contribution in [1.29, 1.82) is 0 Å². The molecule has 33 heavy (non-hydrogen) atoms. The number of anilines is 1. The minimum Gasteiger partial charge on any atom is -0.334 e. The van der Waals surface area contributed by atoms with E-state index in [9.17, 15) is 14.0 Å². The second kappa shape index (κ2) is 9.21. The Morgan fingerprint density at radius 3 is 2.67 bits per heavy atom. The van der Waals surface area contributed by atoms with E-state index >= 15 is 0 Å². The third-order valence-electron chi connectivity index (χ3n) is 6.24. The van der Waals surface area contributed by atoms with Gasteiger partial charge in [0.25, 0.3) is 5.91 Å². The molecule has 2 amide bonds. The van der Waals surface area contributed by atoms with Crippen LogP contribution in [0.3, 0.4) is 0 Å². The first-order chi connectivity index (χ1) is 16.0. The highest BCUT2D eigenvalue weighted by molar-refractivity contribution is 7.11. The fraction of sp³-hybridized carbons (Fsp3) is 0.292. The van der Waals surface area contributed by atoms with Gasteiger partial charge < -0.3 is 9.80 Å². The van der Waals surface area contributed by atoms with Crippen molar-refractivity contribution in [2.75, 3.05) is 37.6 Å². The molecule has 2 saturated heterocycles. The van der Waals surface area contributed by atoms with Crippen LogP contribution in [0.4, 0.5) is 10.1 Å². The van der Waals surface area contributed by atoms with E-state index in [4.69, 9.17) is 11.6 Å². The summed E-state index contributed by atoms with van der Waals surface area (Å²) in [5, 5.41) is 2.66. The Labute approximate surface area is 200 Å². The van der Waals surface area contributed by atoms with Gasteiger partial charge in [-0.15, -0.1) is 11.3 Å². The van der Waals surface area contributed by atoms with Crippen molar-refractivity contribution >= 4 is 40.4 Å². The van der Waals surface area contributed by atoms with E-state index in [1.165, 1.54) is 23.5 Å². The summed E-state index contributed by atoms with van der Waals surface area (Å²) in [7, 11) is 0. The lowest BCUT2D eigenvalue weighted by Gasteiger charge is -2.37. The summed E-state index contributed by atoms with van der Waals surface area (Å²) in [5.74, 6) is -0.334. The molecule has 0 saturated carbocycles. The van der Waals surface area contributed by atoms with Crippen LogP contribution in [0.25, 0.3) is 11.1 Å². The van der Waals surface area contributed by atoms with Crippen molar-refractivity contribution in [2.45, 2.75) is 12.5 Å². The van der Waals surface area contributed by atoms with Gasteiger partial charge in [0.1, 0.15) is 5.82 Å². The zero-order valence-electron chi connectivity index (χ0n) is 17.8. The van der Waals surface area contributed by atoms with Crippen LogP contribution in [0.5, 0.6) is 0 Å². The predicted molar refractivity (Wildman–Crippen MR) is 127 cm³/mol. The number of carbonyl (C=O) groups excluding carboxylic acids is 2. The molecule has 0 radical (unpaired) electrons. The molecule has 1 unspecified atom stereocenters. The summed E-state index contributed by atoms with van der Waals surface area (Å²) in [5.41, 5.74) is 2.37. The van der Waals surface area contributed by atoms with Crippen molar-refractivity contribution < 1.29 is 14.0 Å². The number of carbonyl (C=O) groups is 2. The largest absolute Gasteiger partial charge is 0.334 e. The molecule has 9 heteroatoms. The van der Waals surface area contributed by atoms with Gasteiger partial charge in [-0.1, -0.05) is 23.7 Å². The number of piperazine rings is 1. The molecule has 6 nitrogen and oxygen atoms in total. The minimum atomic E-state index is -0.383. The molecule has 1 aromatic heterocycles. The Morgan fingerprint density at radius 1 is 1.12 bits per heavy atom. The van der Waals surface area contributed by atoms with Crippen LogP contribution in [0, 0.1) is 5.82 Å². The van der Waals surface area contributed by atoms with Gasteiger partial charge in [-0.2, -0.15) is 0 Å². The highest BCUT2D eigenvalue weighted by atomic mass is 35.5. The maximum Gasteiger partial charge on any atom is 0.282 e. The standard InChI is InChI=1S/C24H22ClFN4O2S/c25-21-13-17(26)4-5-20(21)16-2-1-3-18(12-16)30-15-19(14-22(30)31)28-7-9-29(10-8-28)24(32)23-27-6-11-33-23/h1-6,11-13,19H,7-10,14-15H2. The van der Waals surface area contributed by atoms with E-state index in [-0.39, 0.29) is 23.7 Å². The van der Waals surface area contributed by atoms with E-state index in [0.717, 1.165) is 29.9 Å². The highest BCUT2D eigenvalue weighted by Crippen LogP contribution is 2.33. The Bertz CT molecular complexity index is 1180. The van der Waals surface area contributed by atoms with Crippen LogP contribution in [0.15, 0.2) is 54.0 Å². The topological polar surface area (TPSA) is 56.8 Å². The number of aromatic nitrogens is 1. The first kappa shape index (κ1) is 22.0. The van der Waals surface area contributed by atoms with Crippen molar-refractivity contribution in [3.63, 3.8) is 0 Å². The fourth-order valence-corrected chi connectivity index (χ4v) is 5.38. The Hall–Kier alpha value is -2.81.